The molecule has 1 aromatic rings. The van der Waals surface area contributed by atoms with Crippen molar-refractivity contribution in [2.75, 3.05) is 26.3 Å². The van der Waals surface area contributed by atoms with E-state index in [1.807, 2.05) is 37.8 Å². The summed E-state index contributed by atoms with van der Waals surface area (Å²) in [6.07, 6.45) is 2.10. The van der Waals surface area contributed by atoms with Crippen molar-refractivity contribution in [2.24, 2.45) is 0 Å². The summed E-state index contributed by atoms with van der Waals surface area (Å²) >= 11 is 0. The highest BCUT2D eigenvalue weighted by molar-refractivity contribution is 5.95. The van der Waals surface area contributed by atoms with Crippen LogP contribution in [0.3, 0.4) is 0 Å². The molecule has 2 aliphatic heterocycles. The van der Waals surface area contributed by atoms with Gasteiger partial charge in [-0.15, -0.1) is 0 Å². The normalized spacial score (nSPS) is 23.4. The Hall–Kier alpha value is -1.46. The highest BCUT2D eigenvalue weighted by atomic mass is 16.5. The van der Waals surface area contributed by atoms with Gasteiger partial charge in [-0.25, -0.2) is 0 Å². The fourth-order valence-corrected chi connectivity index (χ4v) is 3.51. The van der Waals surface area contributed by atoms with Crippen LogP contribution in [0, 0.1) is 13.8 Å². The number of rotatable bonds is 3. The van der Waals surface area contributed by atoms with Crippen LogP contribution in [0.15, 0.2) is 12.1 Å². The van der Waals surface area contributed by atoms with Crippen LogP contribution in [0.25, 0.3) is 0 Å². The number of likely N-dealkylation sites (tertiary alicyclic amines) is 1. The second-order valence-electron chi connectivity index (χ2n) is 6.40. The highest BCUT2D eigenvalue weighted by Gasteiger charge is 2.49. The number of amides is 1. The number of hydrogen-bond acceptors (Lipinski definition) is 4. The molecule has 3 rings (SSSR count). The van der Waals surface area contributed by atoms with Crippen LogP contribution in [0.4, 0.5) is 0 Å². The quantitative estimate of drug-likeness (QED) is 0.858. The van der Waals surface area contributed by atoms with Crippen molar-refractivity contribution in [1.82, 2.24) is 9.88 Å². The maximum Gasteiger partial charge on any atom is 0.254 e. The van der Waals surface area contributed by atoms with E-state index in [1.165, 1.54) is 0 Å². The van der Waals surface area contributed by atoms with Gasteiger partial charge >= 0.3 is 0 Å². The zero-order valence-electron chi connectivity index (χ0n) is 13.6. The second-order valence-corrected chi connectivity index (χ2v) is 6.40. The van der Waals surface area contributed by atoms with Gasteiger partial charge in [0.05, 0.1) is 19.2 Å². The van der Waals surface area contributed by atoms with Crippen molar-refractivity contribution < 1.29 is 14.3 Å². The predicted octanol–water partition coefficient (Wildman–Crippen LogP) is 2.11. The first-order valence-corrected chi connectivity index (χ1v) is 8.01. The molecule has 120 valence electrons. The minimum Gasteiger partial charge on any atom is -0.378 e. The van der Waals surface area contributed by atoms with Gasteiger partial charge in [0.15, 0.2) is 0 Å². The Morgan fingerprint density at radius 3 is 2.73 bits per heavy atom. The van der Waals surface area contributed by atoms with Crippen molar-refractivity contribution >= 4 is 5.91 Å². The molecule has 22 heavy (non-hydrogen) atoms. The van der Waals surface area contributed by atoms with Crippen LogP contribution in [-0.4, -0.2) is 53.8 Å². The summed E-state index contributed by atoms with van der Waals surface area (Å²) in [4.78, 5) is 18.8. The molecule has 1 unspecified atom stereocenters. The van der Waals surface area contributed by atoms with Gasteiger partial charge in [0.25, 0.3) is 5.91 Å². The number of aryl methyl sites for hydroxylation is 2. The number of ether oxygens (including phenoxy) is 2. The first-order valence-electron chi connectivity index (χ1n) is 8.01. The molecular formula is C17H24N2O3. The van der Waals surface area contributed by atoms with E-state index in [2.05, 4.69) is 4.98 Å². The summed E-state index contributed by atoms with van der Waals surface area (Å²) in [5.74, 6) is 0.0707. The molecule has 2 aliphatic rings. The highest BCUT2D eigenvalue weighted by Crippen LogP contribution is 2.36. The van der Waals surface area contributed by atoms with Gasteiger partial charge < -0.3 is 14.4 Å². The summed E-state index contributed by atoms with van der Waals surface area (Å²) in [5, 5.41) is 0. The molecule has 0 N–H and O–H groups in total. The third kappa shape index (κ3) is 3.01. The smallest absolute Gasteiger partial charge is 0.254 e. The van der Waals surface area contributed by atoms with Gasteiger partial charge in [-0.2, -0.15) is 0 Å². The number of aromatic nitrogens is 1. The Morgan fingerprint density at radius 1 is 1.41 bits per heavy atom. The van der Waals surface area contributed by atoms with Gasteiger partial charge in [0.1, 0.15) is 5.60 Å². The van der Waals surface area contributed by atoms with Crippen molar-refractivity contribution in [2.45, 2.75) is 45.3 Å². The summed E-state index contributed by atoms with van der Waals surface area (Å²) in [5.41, 5.74) is 2.29. The molecule has 0 aromatic carbocycles. The molecule has 0 radical (unpaired) electrons. The molecule has 0 aliphatic carbocycles. The minimum absolute atomic E-state index is 0.0707. The number of hydrogen-bond donors (Lipinski definition) is 0. The molecule has 2 saturated heterocycles. The fraction of sp³-hybridized carbons (Fsp3) is 0.647. The number of carbonyl (C=O) groups is 1. The molecule has 1 spiro atoms. The summed E-state index contributed by atoms with van der Waals surface area (Å²) in [6, 6.07) is 3.70. The van der Waals surface area contributed by atoms with Crippen LogP contribution in [0.1, 0.15) is 41.5 Å². The molecule has 1 atom stereocenters. The van der Waals surface area contributed by atoms with Crippen LogP contribution in [0.2, 0.25) is 0 Å². The average molecular weight is 304 g/mol. The van der Waals surface area contributed by atoms with Crippen LogP contribution < -0.4 is 0 Å². The van der Waals surface area contributed by atoms with Gasteiger partial charge in [0, 0.05) is 36.6 Å². The summed E-state index contributed by atoms with van der Waals surface area (Å²) in [6.45, 7) is 8.63. The summed E-state index contributed by atoms with van der Waals surface area (Å²) < 4.78 is 11.7. The van der Waals surface area contributed by atoms with E-state index in [0.717, 1.165) is 43.0 Å². The molecule has 3 heterocycles. The van der Waals surface area contributed by atoms with Crippen molar-refractivity contribution in [3.8, 4) is 0 Å². The molecule has 0 saturated carbocycles. The number of nitrogens with zero attached hydrogens (tertiary/aromatic N) is 2. The first-order chi connectivity index (χ1) is 10.5. The lowest BCUT2D eigenvalue weighted by molar-refractivity contribution is -0.185. The lowest BCUT2D eigenvalue weighted by Gasteiger charge is -2.53. The Labute approximate surface area is 131 Å². The molecule has 5 heteroatoms. The zero-order chi connectivity index (χ0) is 15.7. The molecule has 1 amide bonds. The van der Waals surface area contributed by atoms with E-state index >= 15 is 0 Å². The zero-order valence-corrected chi connectivity index (χ0v) is 13.6. The molecule has 1 aromatic heterocycles. The van der Waals surface area contributed by atoms with Crippen LogP contribution in [0.5, 0.6) is 0 Å². The largest absolute Gasteiger partial charge is 0.378 e. The van der Waals surface area contributed by atoms with Gasteiger partial charge in [-0.05, 0) is 39.3 Å². The van der Waals surface area contributed by atoms with Gasteiger partial charge in [0.2, 0.25) is 0 Å². The van der Waals surface area contributed by atoms with Crippen molar-refractivity contribution in [3.05, 3.63) is 29.1 Å². The molecule has 5 nitrogen and oxygen atoms in total. The SMILES string of the molecule is CCOC1CCOC2(C1)CN(C(=O)c1cc(C)nc(C)c1)C2. The van der Waals surface area contributed by atoms with E-state index in [4.69, 9.17) is 9.47 Å². The Kier molecular flexibility index (Phi) is 4.19. The third-order valence-electron chi connectivity index (χ3n) is 4.42. The first kappa shape index (κ1) is 15.4. The molecular weight excluding hydrogens is 280 g/mol. The Balaban J connectivity index is 1.63. The maximum atomic E-state index is 12.6. The lowest BCUT2D eigenvalue weighted by Crippen LogP contribution is -2.67. The number of carbonyl (C=O) groups excluding carboxylic acids is 1. The van der Waals surface area contributed by atoms with Crippen molar-refractivity contribution in [1.29, 1.82) is 0 Å². The Morgan fingerprint density at radius 2 is 2.09 bits per heavy atom. The van der Waals surface area contributed by atoms with Gasteiger partial charge in [-0.3, -0.25) is 9.78 Å². The second kappa shape index (κ2) is 5.97. The molecule has 2 fully saturated rings. The topological polar surface area (TPSA) is 51.7 Å². The van der Waals surface area contributed by atoms with Gasteiger partial charge in [-0.1, -0.05) is 0 Å². The standard InChI is InChI=1S/C17H24N2O3/c1-4-21-15-5-6-22-17(9-15)10-19(11-17)16(20)14-7-12(2)18-13(3)8-14/h7-8,15H,4-6,9-11H2,1-3H3. The number of pyridine rings is 1. The van der Waals surface area contributed by atoms with Crippen LogP contribution in [-0.2, 0) is 9.47 Å². The maximum absolute atomic E-state index is 12.6. The Bertz CT molecular complexity index is 545. The van der Waals surface area contributed by atoms with E-state index < -0.39 is 0 Å². The minimum atomic E-state index is -0.190. The fourth-order valence-electron chi connectivity index (χ4n) is 3.51. The van der Waals surface area contributed by atoms with E-state index in [0.29, 0.717) is 13.1 Å². The lowest BCUT2D eigenvalue weighted by atomic mass is 9.84. The molecule has 0 bridgehead atoms. The monoisotopic (exact) mass is 304 g/mol. The predicted molar refractivity (Wildman–Crippen MR) is 82.9 cm³/mol. The van der Waals surface area contributed by atoms with Crippen molar-refractivity contribution in [3.63, 3.8) is 0 Å². The van der Waals surface area contributed by atoms with E-state index in [1.54, 1.807) is 0 Å². The third-order valence-corrected chi connectivity index (χ3v) is 4.42. The van der Waals surface area contributed by atoms with Crippen LogP contribution >= 0.6 is 0 Å². The van der Waals surface area contributed by atoms with E-state index in [9.17, 15) is 4.79 Å². The summed E-state index contributed by atoms with van der Waals surface area (Å²) in [7, 11) is 0. The van der Waals surface area contributed by atoms with E-state index in [-0.39, 0.29) is 17.6 Å². The average Bonchev–Trinajstić information content (AvgIpc) is 2.43.